The fourth-order valence-corrected chi connectivity index (χ4v) is 5.31. The Morgan fingerprint density at radius 3 is 2.65 bits per heavy atom. The molecule has 1 fully saturated rings. The molecule has 12 nitrogen and oxygen atoms in total. The molecule has 0 spiro atoms. The van der Waals surface area contributed by atoms with E-state index >= 15 is 0 Å². The summed E-state index contributed by atoms with van der Waals surface area (Å²) in [6.45, 7) is 12.4. The average Bonchev–Trinajstić information content (AvgIpc) is 3.48. The Labute approximate surface area is 250 Å². The van der Waals surface area contributed by atoms with Crippen LogP contribution in [0, 0.1) is 0 Å². The molecule has 4 heterocycles. The molecule has 1 saturated heterocycles. The maximum absolute atomic E-state index is 13.4. The summed E-state index contributed by atoms with van der Waals surface area (Å²) in [4.78, 5) is 47.5. The normalized spacial score (nSPS) is 16.5. The third kappa shape index (κ3) is 5.73. The number of nitrogens with zero attached hydrogens (tertiary/aromatic N) is 7. The minimum Gasteiger partial charge on any atom is -0.489 e. The lowest BCUT2D eigenvalue weighted by atomic mass is 10.1. The summed E-state index contributed by atoms with van der Waals surface area (Å²) in [5, 5.41) is 6.11. The zero-order valence-electron chi connectivity index (χ0n) is 24.6. The molecule has 3 aliphatic rings. The summed E-state index contributed by atoms with van der Waals surface area (Å²) in [6, 6.07) is 13.4. The predicted octanol–water partition coefficient (Wildman–Crippen LogP) is 3.85. The lowest BCUT2D eigenvalue weighted by Gasteiger charge is -2.35. The van der Waals surface area contributed by atoms with Crippen molar-refractivity contribution >= 4 is 52.3 Å². The van der Waals surface area contributed by atoms with Gasteiger partial charge in [-0.05, 0) is 57.3 Å². The summed E-state index contributed by atoms with van der Waals surface area (Å²) >= 11 is 0. The highest BCUT2D eigenvalue weighted by Gasteiger charge is 2.40. The molecule has 2 aromatic carbocycles. The van der Waals surface area contributed by atoms with Crippen LogP contribution in [0.25, 0.3) is 0 Å². The molecular weight excluding hydrogens is 546 g/mol. The minimum absolute atomic E-state index is 0.0407. The van der Waals surface area contributed by atoms with Crippen molar-refractivity contribution in [3.05, 3.63) is 66.9 Å². The lowest BCUT2D eigenvalue weighted by Crippen LogP contribution is -2.48. The largest absolute Gasteiger partial charge is 0.489 e. The molecule has 3 aromatic rings. The van der Waals surface area contributed by atoms with E-state index in [0.29, 0.717) is 59.2 Å². The number of ether oxygens (including phenoxy) is 1. The Kier molecular flexibility index (Phi) is 7.68. The van der Waals surface area contributed by atoms with Gasteiger partial charge in [-0.1, -0.05) is 12.6 Å². The smallest absolute Gasteiger partial charge is 0.266 e. The summed E-state index contributed by atoms with van der Waals surface area (Å²) < 4.78 is 6.21. The fourth-order valence-electron chi connectivity index (χ4n) is 5.31. The third-order valence-electron chi connectivity index (χ3n) is 7.47. The monoisotopic (exact) mass is 581 g/mol. The van der Waals surface area contributed by atoms with Crippen LogP contribution in [0.1, 0.15) is 24.2 Å². The summed E-state index contributed by atoms with van der Waals surface area (Å²) in [7, 11) is 2.14. The number of carbonyl (C=O) groups excluding carboxylic acids is 2. The van der Waals surface area contributed by atoms with Gasteiger partial charge in [-0.3, -0.25) is 24.4 Å². The number of fused-ring (bicyclic) bond motifs is 2. The van der Waals surface area contributed by atoms with Crippen molar-refractivity contribution in [2.24, 2.45) is 4.99 Å². The van der Waals surface area contributed by atoms with E-state index in [4.69, 9.17) is 9.72 Å². The number of aromatic nitrogens is 2. The lowest BCUT2D eigenvalue weighted by molar-refractivity contribution is -0.111. The Balaban J connectivity index is 1.36. The highest BCUT2D eigenvalue weighted by molar-refractivity contribution is 6.21. The molecule has 12 heteroatoms. The van der Waals surface area contributed by atoms with E-state index in [1.807, 2.05) is 36.9 Å². The van der Waals surface area contributed by atoms with Crippen LogP contribution in [0.4, 0.5) is 34.5 Å². The number of hydrogen-bond donors (Lipinski definition) is 2. The van der Waals surface area contributed by atoms with Gasteiger partial charge in [0.05, 0.1) is 24.0 Å². The average molecular weight is 582 g/mol. The van der Waals surface area contributed by atoms with E-state index < -0.39 is 0 Å². The molecule has 6 rings (SSSR count). The van der Waals surface area contributed by atoms with Crippen LogP contribution in [-0.4, -0.2) is 90.0 Å². The Hall–Kier alpha value is -4.97. The van der Waals surface area contributed by atoms with E-state index in [-0.39, 0.29) is 17.9 Å². The Morgan fingerprint density at radius 2 is 1.88 bits per heavy atom. The number of nitrogens with one attached hydrogen (secondary N) is 2. The SMILES string of the molecule is C=CC(=O)Nc1cccc(N2C3=NCCN3C(=O)c3cnc(Nc4ccc(N5CCN(C)CC5)cc4OC(C)C)nc32)c1. The quantitative estimate of drug-likeness (QED) is 0.383. The van der Waals surface area contributed by atoms with Crippen molar-refractivity contribution in [2.75, 3.05) is 66.7 Å². The highest BCUT2D eigenvalue weighted by atomic mass is 16.5. The van der Waals surface area contributed by atoms with Gasteiger partial charge in [-0.15, -0.1) is 0 Å². The van der Waals surface area contributed by atoms with Crippen molar-refractivity contribution in [3.63, 3.8) is 0 Å². The van der Waals surface area contributed by atoms with Crippen molar-refractivity contribution < 1.29 is 14.3 Å². The molecule has 1 aromatic heterocycles. The molecular formula is C31H35N9O3. The number of carbonyl (C=O) groups is 2. The Bertz CT molecular complexity index is 1600. The first-order chi connectivity index (χ1) is 20.8. The number of guanidine groups is 1. The first-order valence-corrected chi connectivity index (χ1v) is 14.4. The maximum atomic E-state index is 13.4. The van der Waals surface area contributed by atoms with E-state index in [2.05, 4.69) is 56.2 Å². The van der Waals surface area contributed by atoms with Crippen LogP contribution in [0.2, 0.25) is 0 Å². The first-order valence-electron chi connectivity index (χ1n) is 14.4. The van der Waals surface area contributed by atoms with Crippen LogP contribution >= 0.6 is 0 Å². The van der Waals surface area contributed by atoms with Crippen molar-refractivity contribution in [2.45, 2.75) is 20.0 Å². The molecule has 0 atom stereocenters. The fraction of sp³-hybridized carbons (Fsp3) is 0.323. The van der Waals surface area contributed by atoms with Crippen molar-refractivity contribution in [1.82, 2.24) is 19.8 Å². The van der Waals surface area contributed by atoms with Gasteiger partial charge in [0, 0.05) is 56.4 Å². The summed E-state index contributed by atoms with van der Waals surface area (Å²) in [5.41, 5.74) is 3.44. The second kappa shape index (κ2) is 11.7. The van der Waals surface area contributed by atoms with Crippen LogP contribution in [0.3, 0.4) is 0 Å². The van der Waals surface area contributed by atoms with Crippen LogP contribution in [0.5, 0.6) is 5.75 Å². The van der Waals surface area contributed by atoms with Crippen LogP contribution < -0.4 is 25.2 Å². The topological polar surface area (TPSA) is 119 Å². The second-order valence-corrected chi connectivity index (χ2v) is 10.9. The van der Waals surface area contributed by atoms with Gasteiger partial charge in [0.25, 0.3) is 5.91 Å². The van der Waals surface area contributed by atoms with E-state index in [9.17, 15) is 9.59 Å². The van der Waals surface area contributed by atoms with Crippen LogP contribution in [-0.2, 0) is 4.79 Å². The van der Waals surface area contributed by atoms with E-state index in [1.54, 1.807) is 23.2 Å². The molecule has 0 aliphatic carbocycles. The molecule has 222 valence electrons. The number of anilines is 6. The number of hydrogen-bond acceptors (Lipinski definition) is 10. The summed E-state index contributed by atoms with van der Waals surface area (Å²) in [6.07, 6.45) is 2.71. The third-order valence-corrected chi connectivity index (χ3v) is 7.47. The number of aliphatic imine (C=N–C) groups is 1. The molecule has 43 heavy (non-hydrogen) atoms. The van der Waals surface area contributed by atoms with Gasteiger partial charge >= 0.3 is 0 Å². The second-order valence-electron chi connectivity index (χ2n) is 10.9. The molecule has 0 unspecified atom stereocenters. The molecule has 2 amide bonds. The zero-order valence-corrected chi connectivity index (χ0v) is 24.6. The highest BCUT2D eigenvalue weighted by Crippen LogP contribution is 2.38. The van der Waals surface area contributed by atoms with Gasteiger partial charge in [0.1, 0.15) is 11.3 Å². The van der Waals surface area contributed by atoms with E-state index in [0.717, 1.165) is 31.9 Å². The number of piperazine rings is 1. The van der Waals surface area contributed by atoms with Gasteiger partial charge in [-0.25, -0.2) is 4.98 Å². The van der Waals surface area contributed by atoms with Gasteiger partial charge in [0.15, 0.2) is 5.82 Å². The van der Waals surface area contributed by atoms with Crippen molar-refractivity contribution in [1.29, 1.82) is 0 Å². The number of rotatable bonds is 8. The van der Waals surface area contributed by atoms with Crippen molar-refractivity contribution in [3.8, 4) is 5.75 Å². The zero-order chi connectivity index (χ0) is 30.1. The van der Waals surface area contributed by atoms with Gasteiger partial charge in [0.2, 0.25) is 17.8 Å². The maximum Gasteiger partial charge on any atom is 0.266 e. The predicted molar refractivity (Wildman–Crippen MR) is 168 cm³/mol. The van der Waals surface area contributed by atoms with Crippen LogP contribution in [0.15, 0.2) is 66.3 Å². The van der Waals surface area contributed by atoms with E-state index in [1.165, 1.54) is 6.08 Å². The Morgan fingerprint density at radius 1 is 1.07 bits per heavy atom. The minimum atomic E-state index is -0.321. The molecule has 0 bridgehead atoms. The molecule has 0 saturated carbocycles. The number of amides is 2. The molecule has 2 N–H and O–H groups in total. The first kappa shape index (κ1) is 28.2. The molecule has 3 aliphatic heterocycles. The number of likely N-dealkylation sites (N-methyl/N-ethyl adjacent to an activating group) is 1. The summed E-state index contributed by atoms with van der Waals surface area (Å²) in [5.74, 6) is 1.35. The molecule has 0 radical (unpaired) electrons. The number of benzene rings is 2. The van der Waals surface area contributed by atoms with Gasteiger partial charge in [-0.2, -0.15) is 4.98 Å². The van der Waals surface area contributed by atoms with Gasteiger partial charge < -0.3 is 25.2 Å². The standard InChI is InChI=1S/C31H35N9O3/c1-5-27(41)34-21-7-6-8-23(17-21)40-28-24(29(42)39-12-11-32-31(39)40)19-33-30(36-28)35-25-10-9-22(18-26(25)43-20(2)3)38-15-13-37(4)14-16-38/h5-10,17-20H,1,11-16H2,2-4H3,(H,34,41)(H,33,35,36).